The summed E-state index contributed by atoms with van der Waals surface area (Å²) in [4.78, 5) is 25.2. The first kappa shape index (κ1) is 34.1. The van der Waals surface area contributed by atoms with Crippen molar-refractivity contribution in [3.8, 4) is 11.1 Å². The predicted octanol–water partition coefficient (Wildman–Crippen LogP) is 7.90. The SMILES string of the molecule is CSCC[C@H](NC(=O)c1ccc(COC(C)C(OCCC(C)(C)C)C2CCCCC2)cc1-c1ccccc1C)C(=O)O. The Kier molecular flexibility index (Phi) is 13.4. The van der Waals surface area contributed by atoms with Crippen molar-refractivity contribution in [3.63, 3.8) is 0 Å². The minimum atomic E-state index is -1.02. The molecule has 7 heteroatoms. The summed E-state index contributed by atoms with van der Waals surface area (Å²) < 4.78 is 13.0. The lowest BCUT2D eigenvalue weighted by Gasteiger charge is -2.35. The monoisotopic (exact) mass is 597 g/mol. The van der Waals surface area contributed by atoms with Crippen LogP contribution >= 0.6 is 11.8 Å². The number of carboxylic acids is 1. The molecule has 42 heavy (non-hydrogen) atoms. The van der Waals surface area contributed by atoms with Gasteiger partial charge in [0.05, 0.1) is 18.8 Å². The second kappa shape index (κ2) is 16.5. The van der Waals surface area contributed by atoms with Crippen LogP contribution in [0.25, 0.3) is 11.1 Å². The van der Waals surface area contributed by atoms with Crippen LogP contribution in [0.5, 0.6) is 0 Å². The van der Waals surface area contributed by atoms with Gasteiger partial charge >= 0.3 is 5.97 Å². The van der Waals surface area contributed by atoms with Crippen LogP contribution < -0.4 is 5.32 Å². The zero-order valence-corrected chi connectivity index (χ0v) is 27.2. The zero-order chi connectivity index (χ0) is 30.7. The van der Waals surface area contributed by atoms with E-state index in [-0.39, 0.29) is 23.5 Å². The summed E-state index contributed by atoms with van der Waals surface area (Å²) in [7, 11) is 0. The van der Waals surface area contributed by atoms with Gasteiger partial charge in [-0.1, -0.05) is 70.4 Å². The van der Waals surface area contributed by atoms with E-state index in [4.69, 9.17) is 9.47 Å². The predicted molar refractivity (Wildman–Crippen MR) is 173 cm³/mol. The summed E-state index contributed by atoms with van der Waals surface area (Å²) in [5, 5.41) is 12.4. The van der Waals surface area contributed by atoms with Crippen molar-refractivity contribution >= 4 is 23.6 Å². The van der Waals surface area contributed by atoms with Crippen molar-refractivity contribution < 1.29 is 24.2 Å². The average molecular weight is 598 g/mol. The Morgan fingerprint density at radius 3 is 2.40 bits per heavy atom. The number of carbonyl (C=O) groups excluding carboxylic acids is 1. The Morgan fingerprint density at radius 2 is 1.76 bits per heavy atom. The molecule has 2 N–H and O–H groups in total. The fraction of sp³-hybridized carbons (Fsp3) is 0.600. The van der Waals surface area contributed by atoms with Gasteiger partial charge in [-0.25, -0.2) is 4.79 Å². The molecule has 0 aromatic heterocycles. The smallest absolute Gasteiger partial charge is 0.326 e. The third-order valence-electron chi connectivity index (χ3n) is 8.23. The van der Waals surface area contributed by atoms with Gasteiger partial charge in [-0.3, -0.25) is 4.79 Å². The number of rotatable bonds is 15. The molecule has 1 aliphatic carbocycles. The van der Waals surface area contributed by atoms with Gasteiger partial charge in [0.25, 0.3) is 5.91 Å². The summed E-state index contributed by atoms with van der Waals surface area (Å²) >= 11 is 1.56. The topological polar surface area (TPSA) is 84.9 Å². The van der Waals surface area contributed by atoms with E-state index in [0.29, 0.717) is 30.3 Å². The number of hydrogen-bond donors (Lipinski definition) is 2. The number of carboxylic acid groups (broad SMARTS) is 1. The number of carbonyl (C=O) groups is 2. The molecule has 6 nitrogen and oxygen atoms in total. The molecular formula is C35H51NO5S. The van der Waals surface area contributed by atoms with Gasteiger partial charge in [-0.15, -0.1) is 0 Å². The number of aliphatic carboxylic acids is 1. The quantitative estimate of drug-likeness (QED) is 0.217. The Labute approximate surface area is 257 Å². The number of ether oxygens (including phenoxy) is 2. The molecule has 2 aromatic carbocycles. The van der Waals surface area contributed by atoms with Crippen molar-refractivity contribution in [3.05, 3.63) is 59.2 Å². The summed E-state index contributed by atoms with van der Waals surface area (Å²) in [5.41, 5.74) is 4.41. The maximum Gasteiger partial charge on any atom is 0.326 e. The lowest BCUT2D eigenvalue weighted by Crippen LogP contribution is -2.41. The van der Waals surface area contributed by atoms with E-state index in [1.807, 2.05) is 49.6 Å². The number of aryl methyl sites for hydroxylation is 1. The Balaban J connectivity index is 1.81. The molecule has 0 radical (unpaired) electrons. The van der Waals surface area contributed by atoms with Crippen molar-refractivity contribution in [2.45, 2.75) is 104 Å². The molecule has 1 fully saturated rings. The minimum absolute atomic E-state index is 0.0581. The number of amides is 1. The van der Waals surface area contributed by atoms with Crippen LogP contribution in [0.1, 0.15) is 94.1 Å². The second-order valence-electron chi connectivity index (χ2n) is 12.9. The van der Waals surface area contributed by atoms with Crippen LogP contribution in [0.15, 0.2) is 42.5 Å². The number of hydrogen-bond acceptors (Lipinski definition) is 5. The Morgan fingerprint density at radius 1 is 1.05 bits per heavy atom. The fourth-order valence-corrected chi connectivity index (χ4v) is 6.12. The van der Waals surface area contributed by atoms with E-state index in [9.17, 15) is 14.7 Å². The van der Waals surface area contributed by atoms with Crippen LogP contribution in [-0.4, -0.2) is 53.8 Å². The zero-order valence-electron chi connectivity index (χ0n) is 26.4. The summed E-state index contributed by atoms with van der Waals surface area (Å²) in [6.07, 6.45) is 9.46. The summed E-state index contributed by atoms with van der Waals surface area (Å²) in [6, 6.07) is 12.7. The van der Waals surface area contributed by atoms with Gasteiger partial charge < -0.3 is 19.9 Å². The molecule has 1 amide bonds. The molecule has 0 heterocycles. The molecule has 1 aliphatic rings. The van der Waals surface area contributed by atoms with Crippen LogP contribution in [-0.2, 0) is 20.9 Å². The fourth-order valence-electron chi connectivity index (χ4n) is 5.65. The van der Waals surface area contributed by atoms with Crippen LogP contribution in [0.3, 0.4) is 0 Å². The lowest BCUT2D eigenvalue weighted by molar-refractivity contribution is -0.139. The highest BCUT2D eigenvalue weighted by Crippen LogP contribution is 2.32. The van der Waals surface area contributed by atoms with Gasteiger partial charge in [0.2, 0.25) is 0 Å². The molecule has 2 aromatic rings. The maximum absolute atomic E-state index is 13.4. The Hall–Kier alpha value is -2.35. The van der Waals surface area contributed by atoms with E-state index in [2.05, 4.69) is 33.0 Å². The first-order valence-electron chi connectivity index (χ1n) is 15.4. The highest BCUT2D eigenvalue weighted by Gasteiger charge is 2.30. The minimum Gasteiger partial charge on any atom is -0.480 e. The van der Waals surface area contributed by atoms with Crippen LogP contribution in [0, 0.1) is 18.3 Å². The van der Waals surface area contributed by atoms with Gasteiger partial charge in [0, 0.05) is 12.2 Å². The Bertz CT molecular complexity index is 1150. The standard InChI is InChI=1S/C35H51NO5S/c1-24-12-10-11-15-28(24)30-22-26(16-17-29(30)33(37)36-31(34(38)39)18-21-42-6)23-41-25(2)32(27-13-8-7-9-14-27)40-20-19-35(3,4)5/h10-12,15-17,22,25,27,31-32H,7-9,13-14,18-21,23H2,1-6H3,(H,36,37)(H,38,39)/t25?,31-,32?/m0/s1. The summed E-state index contributed by atoms with van der Waals surface area (Å²) in [5.74, 6) is -0.244. The van der Waals surface area contributed by atoms with Gasteiger partial charge in [-0.2, -0.15) is 11.8 Å². The lowest BCUT2D eigenvalue weighted by atomic mass is 9.83. The van der Waals surface area contributed by atoms with Crippen molar-refractivity contribution in [1.82, 2.24) is 5.32 Å². The number of thioether (sulfide) groups is 1. The maximum atomic E-state index is 13.4. The van der Waals surface area contributed by atoms with Crippen molar-refractivity contribution in [2.24, 2.45) is 11.3 Å². The third kappa shape index (κ3) is 10.4. The van der Waals surface area contributed by atoms with E-state index in [0.717, 1.165) is 35.3 Å². The van der Waals surface area contributed by atoms with Crippen LogP contribution in [0.2, 0.25) is 0 Å². The van der Waals surface area contributed by atoms with Gasteiger partial charge in [0.15, 0.2) is 0 Å². The molecule has 0 aliphatic heterocycles. The van der Waals surface area contributed by atoms with Crippen molar-refractivity contribution in [1.29, 1.82) is 0 Å². The molecule has 2 unspecified atom stereocenters. The third-order valence-corrected chi connectivity index (χ3v) is 8.87. The molecule has 232 valence electrons. The highest BCUT2D eigenvalue weighted by molar-refractivity contribution is 7.98. The second-order valence-corrected chi connectivity index (χ2v) is 13.9. The molecule has 0 spiro atoms. The highest BCUT2D eigenvalue weighted by atomic mass is 32.2. The van der Waals surface area contributed by atoms with E-state index in [1.54, 1.807) is 17.8 Å². The van der Waals surface area contributed by atoms with E-state index in [1.165, 1.54) is 32.1 Å². The molecule has 3 atom stereocenters. The van der Waals surface area contributed by atoms with Crippen LogP contribution in [0.4, 0.5) is 0 Å². The van der Waals surface area contributed by atoms with Crippen molar-refractivity contribution in [2.75, 3.05) is 18.6 Å². The largest absolute Gasteiger partial charge is 0.480 e. The first-order chi connectivity index (χ1) is 20.0. The number of benzene rings is 2. The molecule has 0 bridgehead atoms. The molecule has 1 saturated carbocycles. The number of nitrogens with one attached hydrogen (secondary N) is 1. The molecule has 0 saturated heterocycles. The first-order valence-corrected chi connectivity index (χ1v) is 16.8. The normalized spacial score (nSPS) is 16.5. The van der Waals surface area contributed by atoms with Gasteiger partial charge in [0.1, 0.15) is 6.04 Å². The molecular weight excluding hydrogens is 546 g/mol. The summed E-state index contributed by atoms with van der Waals surface area (Å²) in [6.45, 7) is 12.0. The van der Waals surface area contributed by atoms with Gasteiger partial charge in [-0.05, 0) is 97.3 Å². The molecule has 3 rings (SSSR count). The average Bonchev–Trinajstić information content (AvgIpc) is 2.96. The van der Waals surface area contributed by atoms with E-state index >= 15 is 0 Å². The van der Waals surface area contributed by atoms with E-state index < -0.39 is 12.0 Å².